The van der Waals surface area contributed by atoms with Crippen LogP contribution in [0.15, 0.2) is 40.8 Å². The number of ether oxygens (including phenoxy) is 1. The maximum absolute atomic E-state index is 12.7. The van der Waals surface area contributed by atoms with E-state index in [4.69, 9.17) is 9.15 Å². The fourth-order valence-electron chi connectivity index (χ4n) is 4.08. The van der Waals surface area contributed by atoms with Crippen LogP contribution in [0.4, 0.5) is 0 Å². The van der Waals surface area contributed by atoms with E-state index in [1.807, 2.05) is 36.4 Å². The van der Waals surface area contributed by atoms with E-state index in [2.05, 4.69) is 10.2 Å². The number of esters is 1. The summed E-state index contributed by atoms with van der Waals surface area (Å²) in [5, 5.41) is 3.30. The van der Waals surface area contributed by atoms with Crippen LogP contribution in [0.1, 0.15) is 47.2 Å². The first-order chi connectivity index (χ1) is 13.0. The van der Waals surface area contributed by atoms with Crippen molar-refractivity contribution in [2.75, 3.05) is 13.1 Å². The van der Waals surface area contributed by atoms with Crippen molar-refractivity contribution in [3.8, 4) is 0 Å². The zero-order valence-corrected chi connectivity index (χ0v) is 15.5. The van der Waals surface area contributed by atoms with Gasteiger partial charge in [0.2, 0.25) is 0 Å². The van der Waals surface area contributed by atoms with Gasteiger partial charge in [-0.25, -0.2) is 0 Å². The maximum atomic E-state index is 12.7. The van der Waals surface area contributed by atoms with Crippen molar-refractivity contribution < 1.29 is 18.7 Å². The number of aryl methyl sites for hydroxylation is 1. The van der Waals surface area contributed by atoms with Crippen LogP contribution in [-0.4, -0.2) is 35.4 Å². The fourth-order valence-corrected chi connectivity index (χ4v) is 4.08. The first-order valence-electron chi connectivity index (χ1n) is 9.37. The number of hydrogen-bond donors (Lipinski definition) is 1. The smallest absolute Gasteiger partial charge is 0.303 e. The topological polar surface area (TPSA) is 71.8 Å². The molecule has 2 aliphatic heterocycles. The molecule has 0 aliphatic carbocycles. The lowest BCUT2D eigenvalue weighted by Crippen LogP contribution is -2.49. The second kappa shape index (κ2) is 7.19. The van der Waals surface area contributed by atoms with Gasteiger partial charge in [0.25, 0.3) is 5.91 Å². The Kier molecular flexibility index (Phi) is 4.74. The van der Waals surface area contributed by atoms with Crippen LogP contribution in [0, 0.1) is 0 Å². The molecule has 0 unspecified atom stereocenters. The monoisotopic (exact) mass is 368 g/mol. The van der Waals surface area contributed by atoms with Gasteiger partial charge in [0, 0.05) is 25.6 Å². The lowest BCUT2D eigenvalue weighted by Gasteiger charge is -2.29. The summed E-state index contributed by atoms with van der Waals surface area (Å²) >= 11 is 0. The van der Waals surface area contributed by atoms with Gasteiger partial charge in [-0.2, -0.15) is 0 Å². The second-order valence-corrected chi connectivity index (χ2v) is 7.50. The van der Waals surface area contributed by atoms with E-state index in [0.29, 0.717) is 12.3 Å². The Bertz CT molecular complexity index is 859. The molecule has 142 valence electrons. The van der Waals surface area contributed by atoms with Crippen molar-refractivity contribution in [3.63, 3.8) is 0 Å². The van der Waals surface area contributed by atoms with Crippen molar-refractivity contribution in [1.82, 2.24) is 10.2 Å². The van der Waals surface area contributed by atoms with Crippen LogP contribution < -0.4 is 5.32 Å². The quantitative estimate of drug-likeness (QED) is 0.840. The maximum Gasteiger partial charge on any atom is 0.303 e. The Balaban J connectivity index is 1.39. The highest BCUT2D eigenvalue weighted by Crippen LogP contribution is 2.31. The van der Waals surface area contributed by atoms with Crippen molar-refractivity contribution >= 4 is 11.9 Å². The van der Waals surface area contributed by atoms with Gasteiger partial charge in [0.15, 0.2) is 0 Å². The van der Waals surface area contributed by atoms with Crippen LogP contribution in [0.5, 0.6) is 0 Å². The van der Waals surface area contributed by atoms with E-state index < -0.39 is 0 Å². The number of furan rings is 1. The summed E-state index contributed by atoms with van der Waals surface area (Å²) in [6.07, 6.45) is 2.80. The molecule has 27 heavy (non-hydrogen) atoms. The van der Waals surface area contributed by atoms with Gasteiger partial charge in [-0.15, -0.1) is 0 Å². The number of likely N-dealkylation sites (tertiary alicyclic amines) is 1. The van der Waals surface area contributed by atoms with E-state index in [0.717, 1.165) is 49.2 Å². The predicted molar refractivity (Wildman–Crippen MR) is 99.0 cm³/mol. The average Bonchev–Trinajstić information content (AvgIpc) is 3.22. The van der Waals surface area contributed by atoms with E-state index in [9.17, 15) is 9.59 Å². The molecule has 0 saturated carbocycles. The molecule has 0 radical (unpaired) electrons. The van der Waals surface area contributed by atoms with Gasteiger partial charge in [-0.3, -0.25) is 14.5 Å². The minimum atomic E-state index is -0.320. The third-order valence-electron chi connectivity index (χ3n) is 5.46. The van der Waals surface area contributed by atoms with Crippen molar-refractivity contribution in [2.24, 2.45) is 0 Å². The molecule has 6 heteroatoms. The molecular formula is C21H24N2O4. The highest BCUT2D eigenvalue weighted by molar-refractivity contribution is 5.96. The Hall–Kier alpha value is -2.60. The molecule has 1 saturated heterocycles. The van der Waals surface area contributed by atoms with Crippen LogP contribution in [-0.2, 0) is 29.1 Å². The van der Waals surface area contributed by atoms with Crippen molar-refractivity contribution in [3.05, 3.63) is 59.0 Å². The van der Waals surface area contributed by atoms with Crippen LogP contribution >= 0.6 is 0 Å². The lowest BCUT2D eigenvalue weighted by molar-refractivity contribution is -0.142. The van der Waals surface area contributed by atoms with Gasteiger partial charge in [-0.1, -0.05) is 18.2 Å². The third-order valence-corrected chi connectivity index (χ3v) is 5.46. The zero-order chi connectivity index (χ0) is 18.9. The van der Waals surface area contributed by atoms with Crippen LogP contribution in [0.2, 0.25) is 0 Å². The molecule has 1 N–H and O–H groups in total. The molecule has 4 rings (SSSR count). The molecule has 1 aromatic carbocycles. The number of rotatable bonds is 4. The Morgan fingerprint density at radius 2 is 2.04 bits per heavy atom. The summed E-state index contributed by atoms with van der Waals surface area (Å²) < 4.78 is 10.7. The molecule has 1 spiro atoms. The molecular weight excluding hydrogens is 344 g/mol. The number of carbonyl (C=O) groups is 2. The molecule has 1 aromatic heterocycles. The summed E-state index contributed by atoms with van der Waals surface area (Å²) in [4.78, 5) is 25.9. The Labute approximate surface area is 158 Å². The molecule has 6 nitrogen and oxygen atoms in total. The lowest BCUT2D eigenvalue weighted by atomic mass is 9.91. The van der Waals surface area contributed by atoms with Crippen molar-refractivity contribution in [1.29, 1.82) is 0 Å². The molecule has 1 amide bonds. The highest BCUT2D eigenvalue weighted by atomic mass is 16.5. The largest absolute Gasteiger partial charge is 0.461 e. The minimum Gasteiger partial charge on any atom is -0.461 e. The second-order valence-electron chi connectivity index (χ2n) is 7.50. The first kappa shape index (κ1) is 17.8. The van der Waals surface area contributed by atoms with E-state index in [1.54, 1.807) is 0 Å². The summed E-state index contributed by atoms with van der Waals surface area (Å²) in [5.41, 5.74) is 1.75. The highest BCUT2D eigenvalue weighted by Gasteiger charge is 2.41. The Morgan fingerprint density at radius 3 is 2.89 bits per heavy atom. The molecule has 1 atom stereocenters. The van der Waals surface area contributed by atoms with Gasteiger partial charge in [0.05, 0.1) is 12.1 Å². The van der Waals surface area contributed by atoms with E-state index in [-0.39, 0.29) is 24.0 Å². The average molecular weight is 368 g/mol. The summed E-state index contributed by atoms with van der Waals surface area (Å²) in [6, 6.07) is 11.6. The number of hydrogen-bond acceptors (Lipinski definition) is 5. The summed E-state index contributed by atoms with van der Waals surface area (Å²) in [7, 11) is 0. The zero-order valence-electron chi connectivity index (χ0n) is 15.5. The predicted octanol–water partition coefficient (Wildman–Crippen LogP) is 2.66. The summed E-state index contributed by atoms with van der Waals surface area (Å²) in [6.45, 7) is 3.95. The number of nitrogens with zero attached hydrogens (tertiary/aromatic N) is 1. The van der Waals surface area contributed by atoms with E-state index >= 15 is 0 Å². The van der Waals surface area contributed by atoms with E-state index in [1.165, 1.54) is 6.92 Å². The molecule has 2 aliphatic rings. The molecule has 1 fully saturated rings. The summed E-state index contributed by atoms with van der Waals surface area (Å²) in [5.74, 6) is 1.20. The number of amides is 1. The molecule has 3 heterocycles. The SMILES string of the molecule is CC(=O)OCc1ccc(CN2CC[C@]3(CCc4ccccc4C(=O)N3)C2)o1. The molecule has 0 bridgehead atoms. The van der Waals surface area contributed by atoms with Crippen LogP contribution in [0.3, 0.4) is 0 Å². The van der Waals surface area contributed by atoms with Crippen molar-refractivity contribution in [2.45, 2.75) is 44.9 Å². The molecule has 2 aromatic rings. The number of nitrogens with one attached hydrogen (secondary N) is 1. The number of benzene rings is 1. The van der Waals surface area contributed by atoms with Gasteiger partial charge in [-0.05, 0) is 43.0 Å². The first-order valence-corrected chi connectivity index (χ1v) is 9.37. The number of carbonyl (C=O) groups excluding carboxylic acids is 2. The number of fused-ring (bicyclic) bond motifs is 1. The normalized spacial score (nSPS) is 22.3. The van der Waals surface area contributed by atoms with Crippen LogP contribution in [0.25, 0.3) is 0 Å². The Morgan fingerprint density at radius 1 is 1.22 bits per heavy atom. The standard InChI is InChI=1S/C21H24N2O4/c1-15(24)26-13-18-7-6-17(27-18)12-23-11-10-21(14-23)9-8-16-4-2-3-5-19(16)20(25)22-21/h2-7H,8-14H2,1H3,(H,22,25)/t21-/m1/s1. The van der Waals surface area contributed by atoms with Gasteiger partial charge >= 0.3 is 5.97 Å². The third kappa shape index (κ3) is 3.90. The minimum absolute atomic E-state index is 0.0339. The fraction of sp³-hybridized carbons (Fsp3) is 0.429. The van der Waals surface area contributed by atoms with Gasteiger partial charge in [0.1, 0.15) is 18.1 Å². The van der Waals surface area contributed by atoms with Gasteiger partial charge < -0.3 is 14.5 Å².